The lowest BCUT2D eigenvalue weighted by molar-refractivity contribution is 0.0888. The van der Waals surface area contributed by atoms with E-state index >= 15 is 0 Å². The van der Waals surface area contributed by atoms with Crippen LogP contribution in [0, 0.1) is 11.7 Å². The fraction of sp³-hybridized carbons (Fsp3) is 0.588. The van der Waals surface area contributed by atoms with Gasteiger partial charge in [0.25, 0.3) is 0 Å². The first kappa shape index (κ1) is 21.1. The number of hydrogen-bond donors (Lipinski definition) is 2. The van der Waals surface area contributed by atoms with Crippen molar-refractivity contribution in [3.05, 3.63) is 35.6 Å². The van der Waals surface area contributed by atoms with Crippen molar-refractivity contribution >= 4 is 29.9 Å². The Kier molecular flexibility index (Phi) is 10.9. The van der Waals surface area contributed by atoms with E-state index in [0.29, 0.717) is 30.6 Å². The zero-order chi connectivity index (χ0) is 16.3. The van der Waals surface area contributed by atoms with Crippen LogP contribution in [0.5, 0.6) is 0 Å². The van der Waals surface area contributed by atoms with Gasteiger partial charge in [0.2, 0.25) is 0 Å². The van der Waals surface area contributed by atoms with E-state index in [0.717, 1.165) is 39.2 Å². The molecule has 0 bridgehead atoms. The molecule has 1 heterocycles. The van der Waals surface area contributed by atoms with Crippen LogP contribution in [0.25, 0.3) is 0 Å². The minimum absolute atomic E-state index is 0. The van der Waals surface area contributed by atoms with E-state index in [4.69, 9.17) is 9.47 Å². The van der Waals surface area contributed by atoms with Gasteiger partial charge in [-0.25, -0.2) is 4.39 Å². The summed E-state index contributed by atoms with van der Waals surface area (Å²) in [6, 6.07) is 6.72. The Labute approximate surface area is 160 Å². The third-order valence-electron chi connectivity index (χ3n) is 3.76. The van der Waals surface area contributed by atoms with Gasteiger partial charge in [0.1, 0.15) is 5.82 Å². The quantitative estimate of drug-likeness (QED) is 0.276. The number of halogens is 2. The molecule has 0 aliphatic carbocycles. The van der Waals surface area contributed by atoms with Gasteiger partial charge in [-0.3, -0.25) is 4.99 Å². The van der Waals surface area contributed by atoms with Gasteiger partial charge < -0.3 is 20.1 Å². The fourth-order valence-electron chi connectivity index (χ4n) is 2.39. The smallest absolute Gasteiger partial charge is 0.191 e. The summed E-state index contributed by atoms with van der Waals surface area (Å²) < 4.78 is 24.5. The summed E-state index contributed by atoms with van der Waals surface area (Å²) in [5.41, 5.74) is 0.623. The van der Waals surface area contributed by atoms with E-state index in [-0.39, 0.29) is 29.8 Å². The minimum Gasteiger partial charge on any atom is -0.381 e. The van der Waals surface area contributed by atoms with E-state index in [1.54, 1.807) is 19.2 Å². The number of guanidine groups is 1. The summed E-state index contributed by atoms with van der Waals surface area (Å²) in [5, 5.41) is 6.30. The SMILES string of the molecule is CN=C(NCCCOCC1CCOC1)NCc1ccccc1F.I. The number of hydrogen-bond acceptors (Lipinski definition) is 3. The molecular weight excluding hydrogens is 424 g/mol. The molecule has 0 spiro atoms. The standard InChI is InChI=1S/C17H26FN3O2.HI/c1-19-17(21-11-15-5-2-3-6-16(15)18)20-8-4-9-22-12-14-7-10-23-13-14;/h2-3,5-6,14H,4,7-13H2,1H3,(H2,19,20,21);1H. The van der Waals surface area contributed by atoms with E-state index in [9.17, 15) is 4.39 Å². The van der Waals surface area contributed by atoms with Crippen LogP contribution in [0.4, 0.5) is 4.39 Å². The van der Waals surface area contributed by atoms with E-state index in [1.807, 2.05) is 6.07 Å². The van der Waals surface area contributed by atoms with Crippen molar-refractivity contribution < 1.29 is 13.9 Å². The van der Waals surface area contributed by atoms with Crippen LogP contribution < -0.4 is 10.6 Å². The highest BCUT2D eigenvalue weighted by molar-refractivity contribution is 14.0. The van der Waals surface area contributed by atoms with Gasteiger partial charge in [-0.2, -0.15) is 0 Å². The molecule has 136 valence electrons. The molecule has 1 aromatic carbocycles. The van der Waals surface area contributed by atoms with Crippen LogP contribution in [0.2, 0.25) is 0 Å². The van der Waals surface area contributed by atoms with Crippen LogP contribution in [-0.2, 0) is 16.0 Å². The molecule has 1 atom stereocenters. The molecule has 1 aliphatic heterocycles. The number of ether oxygens (including phenoxy) is 2. The summed E-state index contributed by atoms with van der Waals surface area (Å²) in [6.45, 7) is 4.35. The molecule has 2 N–H and O–H groups in total. The maximum Gasteiger partial charge on any atom is 0.191 e. The Morgan fingerprint density at radius 3 is 2.92 bits per heavy atom. The Balaban J connectivity index is 0.00000288. The van der Waals surface area contributed by atoms with Crippen molar-refractivity contribution in [2.24, 2.45) is 10.9 Å². The lowest BCUT2D eigenvalue weighted by Crippen LogP contribution is -2.37. The first-order valence-corrected chi connectivity index (χ1v) is 8.13. The van der Waals surface area contributed by atoms with Crippen LogP contribution in [0.15, 0.2) is 29.3 Å². The second-order valence-electron chi connectivity index (χ2n) is 5.60. The maximum absolute atomic E-state index is 13.5. The van der Waals surface area contributed by atoms with Crippen LogP contribution in [0.1, 0.15) is 18.4 Å². The molecule has 0 saturated carbocycles. The highest BCUT2D eigenvalue weighted by Gasteiger charge is 2.15. The molecule has 0 radical (unpaired) electrons. The van der Waals surface area contributed by atoms with Gasteiger partial charge >= 0.3 is 0 Å². The normalized spacial score (nSPS) is 17.4. The Morgan fingerprint density at radius 2 is 2.21 bits per heavy atom. The highest BCUT2D eigenvalue weighted by Crippen LogP contribution is 2.12. The number of aliphatic imine (C=N–C) groups is 1. The minimum atomic E-state index is -0.209. The lowest BCUT2D eigenvalue weighted by atomic mass is 10.1. The van der Waals surface area contributed by atoms with Crippen molar-refractivity contribution in [3.63, 3.8) is 0 Å². The summed E-state index contributed by atoms with van der Waals surface area (Å²) in [7, 11) is 1.70. The largest absolute Gasteiger partial charge is 0.381 e. The Hall–Kier alpha value is -0.930. The Bertz CT molecular complexity index is 496. The van der Waals surface area contributed by atoms with Crippen molar-refractivity contribution in [1.29, 1.82) is 0 Å². The molecule has 5 nitrogen and oxygen atoms in total. The molecule has 2 rings (SSSR count). The van der Waals surface area contributed by atoms with E-state index < -0.39 is 0 Å². The van der Waals surface area contributed by atoms with Gasteiger partial charge in [0, 0.05) is 44.8 Å². The average Bonchev–Trinajstić information content (AvgIpc) is 3.08. The first-order valence-electron chi connectivity index (χ1n) is 8.13. The maximum atomic E-state index is 13.5. The molecule has 0 aromatic heterocycles. The monoisotopic (exact) mass is 451 g/mol. The zero-order valence-electron chi connectivity index (χ0n) is 14.1. The van der Waals surface area contributed by atoms with Crippen LogP contribution >= 0.6 is 24.0 Å². The summed E-state index contributed by atoms with van der Waals surface area (Å²) in [4.78, 5) is 4.13. The number of nitrogens with one attached hydrogen (secondary N) is 2. The molecule has 1 saturated heterocycles. The second kappa shape index (κ2) is 12.4. The topological polar surface area (TPSA) is 54.9 Å². The molecular formula is C17H27FIN3O2. The third-order valence-corrected chi connectivity index (χ3v) is 3.76. The lowest BCUT2D eigenvalue weighted by Gasteiger charge is -2.13. The van der Waals surface area contributed by atoms with Crippen molar-refractivity contribution in [1.82, 2.24) is 10.6 Å². The molecule has 1 fully saturated rings. The molecule has 7 heteroatoms. The summed E-state index contributed by atoms with van der Waals surface area (Å²) in [5.74, 6) is 1.01. The molecule has 0 amide bonds. The Morgan fingerprint density at radius 1 is 1.38 bits per heavy atom. The number of rotatable bonds is 8. The molecule has 1 aromatic rings. The molecule has 24 heavy (non-hydrogen) atoms. The predicted octanol–water partition coefficient (Wildman–Crippen LogP) is 2.55. The van der Waals surface area contributed by atoms with Gasteiger partial charge in [-0.1, -0.05) is 18.2 Å². The zero-order valence-corrected chi connectivity index (χ0v) is 16.4. The fourth-order valence-corrected chi connectivity index (χ4v) is 2.39. The van der Waals surface area contributed by atoms with Crippen molar-refractivity contribution in [2.45, 2.75) is 19.4 Å². The van der Waals surface area contributed by atoms with Crippen molar-refractivity contribution in [3.8, 4) is 0 Å². The summed E-state index contributed by atoms with van der Waals surface area (Å²) in [6.07, 6.45) is 2.00. The van der Waals surface area contributed by atoms with Crippen LogP contribution in [0.3, 0.4) is 0 Å². The summed E-state index contributed by atoms with van der Waals surface area (Å²) >= 11 is 0. The number of benzene rings is 1. The highest BCUT2D eigenvalue weighted by atomic mass is 127. The van der Waals surface area contributed by atoms with Gasteiger partial charge in [0.05, 0.1) is 13.2 Å². The second-order valence-corrected chi connectivity index (χ2v) is 5.60. The van der Waals surface area contributed by atoms with Gasteiger partial charge in [-0.15, -0.1) is 24.0 Å². The molecule has 1 unspecified atom stereocenters. The van der Waals surface area contributed by atoms with Gasteiger partial charge in [0.15, 0.2) is 5.96 Å². The third kappa shape index (κ3) is 7.76. The number of nitrogens with zero attached hydrogens (tertiary/aromatic N) is 1. The first-order chi connectivity index (χ1) is 11.3. The molecule has 1 aliphatic rings. The average molecular weight is 451 g/mol. The van der Waals surface area contributed by atoms with Gasteiger partial charge in [-0.05, 0) is 18.9 Å². The predicted molar refractivity (Wildman–Crippen MR) is 104 cm³/mol. The van der Waals surface area contributed by atoms with E-state index in [2.05, 4.69) is 15.6 Å². The van der Waals surface area contributed by atoms with E-state index in [1.165, 1.54) is 6.07 Å². The van der Waals surface area contributed by atoms with Crippen LogP contribution in [-0.4, -0.2) is 46.0 Å². The van der Waals surface area contributed by atoms with Crippen molar-refractivity contribution in [2.75, 3.05) is 40.0 Å².